The Bertz CT molecular complexity index is 1410. The van der Waals surface area contributed by atoms with Gasteiger partial charge in [-0.05, 0) is 48.7 Å². The lowest BCUT2D eigenvalue weighted by molar-refractivity contribution is -0.137. The van der Waals surface area contributed by atoms with E-state index in [1.54, 1.807) is 0 Å². The van der Waals surface area contributed by atoms with E-state index in [1.165, 1.54) is 37.3 Å². The second kappa shape index (κ2) is 8.85. The number of sulfone groups is 1. The number of anilines is 1. The van der Waals surface area contributed by atoms with Gasteiger partial charge < -0.3 is 5.32 Å². The van der Waals surface area contributed by atoms with Crippen molar-refractivity contribution in [1.82, 2.24) is 5.32 Å². The molecule has 1 atom stereocenters. The average Bonchev–Trinajstić information content (AvgIpc) is 2.82. The smallest absolute Gasteiger partial charge is 0.326 e. The number of halogens is 3. The Morgan fingerprint density at radius 2 is 1.89 bits per heavy atom. The van der Waals surface area contributed by atoms with Gasteiger partial charge in [-0.2, -0.15) is 18.4 Å². The largest absolute Gasteiger partial charge is 0.416 e. The molecule has 0 radical (unpaired) electrons. The second-order valence-corrected chi connectivity index (χ2v) is 10.4. The lowest BCUT2D eigenvalue weighted by Crippen LogP contribution is -2.49. The molecule has 0 spiro atoms. The molecule has 35 heavy (non-hydrogen) atoms. The number of allylic oxidation sites excluding steroid dienone is 1. The van der Waals surface area contributed by atoms with Gasteiger partial charge in [0.25, 0.3) is 0 Å². The number of nitrogens with one attached hydrogen (secondary N) is 1. The first-order valence-electron chi connectivity index (χ1n) is 10.8. The first-order chi connectivity index (χ1) is 16.5. The lowest BCUT2D eigenvalue weighted by atomic mass is 9.84. The summed E-state index contributed by atoms with van der Waals surface area (Å²) >= 11 is 0. The number of hydrogen-bond acceptors (Lipinski definition) is 5. The quantitative estimate of drug-likeness (QED) is 0.654. The Kier molecular flexibility index (Phi) is 6.19. The van der Waals surface area contributed by atoms with Crippen LogP contribution in [0.4, 0.5) is 23.7 Å². The Labute approximate surface area is 199 Å². The van der Waals surface area contributed by atoms with Gasteiger partial charge in [0.15, 0.2) is 15.6 Å². The molecule has 7 nitrogen and oxygen atoms in total. The van der Waals surface area contributed by atoms with Crippen LogP contribution in [0.5, 0.6) is 0 Å². The molecular weight excluding hydrogens is 483 g/mol. The third kappa shape index (κ3) is 4.41. The van der Waals surface area contributed by atoms with E-state index in [0.717, 1.165) is 17.0 Å². The van der Waals surface area contributed by atoms with Gasteiger partial charge in [0.1, 0.15) is 0 Å². The van der Waals surface area contributed by atoms with Gasteiger partial charge in [-0.15, -0.1) is 0 Å². The molecule has 4 rings (SSSR count). The van der Waals surface area contributed by atoms with E-state index in [-0.39, 0.29) is 57.4 Å². The van der Waals surface area contributed by atoms with Crippen LogP contribution in [0.3, 0.4) is 0 Å². The van der Waals surface area contributed by atoms with Crippen LogP contribution in [0.2, 0.25) is 0 Å². The molecule has 1 heterocycles. The van der Waals surface area contributed by atoms with Gasteiger partial charge >= 0.3 is 12.2 Å². The van der Waals surface area contributed by atoms with E-state index in [9.17, 15) is 36.4 Å². The topological polar surface area (TPSA) is 107 Å². The molecule has 1 aliphatic heterocycles. The highest BCUT2D eigenvalue weighted by Crippen LogP contribution is 2.42. The van der Waals surface area contributed by atoms with Crippen molar-refractivity contribution >= 4 is 27.3 Å². The van der Waals surface area contributed by atoms with Crippen LogP contribution >= 0.6 is 0 Å². The van der Waals surface area contributed by atoms with Crippen LogP contribution in [-0.4, -0.2) is 26.0 Å². The average molecular weight is 504 g/mol. The summed E-state index contributed by atoms with van der Waals surface area (Å²) in [7, 11) is -3.85. The summed E-state index contributed by atoms with van der Waals surface area (Å²) in [6, 6.07) is 8.18. The summed E-state index contributed by atoms with van der Waals surface area (Å²) in [5, 5.41) is 11.9. The van der Waals surface area contributed by atoms with Crippen LogP contribution in [-0.2, 0) is 20.8 Å². The minimum absolute atomic E-state index is 0.0563. The minimum Gasteiger partial charge on any atom is -0.326 e. The van der Waals surface area contributed by atoms with Crippen molar-refractivity contribution in [2.75, 3.05) is 10.7 Å². The van der Waals surface area contributed by atoms with Gasteiger partial charge in [-0.3, -0.25) is 9.69 Å². The molecular formula is C24H20F3N3O4S. The van der Waals surface area contributed by atoms with Gasteiger partial charge in [0, 0.05) is 17.7 Å². The van der Waals surface area contributed by atoms with E-state index >= 15 is 0 Å². The van der Waals surface area contributed by atoms with Crippen LogP contribution < -0.4 is 10.2 Å². The van der Waals surface area contributed by atoms with Gasteiger partial charge in [0.05, 0.1) is 39.6 Å². The third-order valence-electron chi connectivity index (χ3n) is 6.06. The first-order valence-corrected chi connectivity index (χ1v) is 12.4. The SMILES string of the molecule is CCS(=O)(=O)c1cc(C#N)ccc1[C@H]1NC(=O)N(c2cccc(C(F)(F)F)c2)C2=C1C(=O)CCC2. The highest BCUT2D eigenvalue weighted by molar-refractivity contribution is 7.91. The predicted molar refractivity (Wildman–Crippen MR) is 120 cm³/mol. The maximum atomic E-state index is 13.3. The van der Waals surface area contributed by atoms with Gasteiger partial charge in [-0.25, -0.2) is 13.2 Å². The summed E-state index contributed by atoms with van der Waals surface area (Å²) in [4.78, 5) is 27.2. The number of benzene rings is 2. The highest BCUT2D eigenvalue weighted by atomic mass is 32.2. The number of nitrogens with zero attached hydrogens (tertiary/aromatic N) is 2. The molecule has 2 amide bonds. The van der Waals surface area contributed by atoms with Crippen molar-refractivity contribution in [1.29, 1.82) is 5.26 Å². The minimum atomic E-state index is -4.63. The lowest BCUT2D eigenvalue weighted by Gasteiger charge is -2.39. The standard InChI is InChI=1S/C24H20F3N3O4S/c1-2-35(33,34)20-11-14(13-28)9-10-17(20)22-21-18(7-4-8-19(21)31)30(23(32)29-22)16-6-3-5-15(12-16)24(25,26)27/h3,5-6,9-12,22H,2,4,7-8H2,1H3,(H,29,32)/t22-/m1/s1. The molecule has 2 aromatic carbocycles. The number of Topliss-reactive ketones (excluding diaryl/α,β-unsaturated/α-hetero) is 1. The van der Waals surface area contributed by atoms with E-state index < -0.39 is 33.6 Å². The van der Waals surface area contributed by atoms with Crippen molar-refractivity contribution in [3.05, 3.63) is 70.4 Å². The number of amides is 2. The Balaban J connectivity index is 1.93. The van der Waals surface area contributed by atoms with Crippen molar-refractivity contribution in [3.8, 4) is 6.07 Å². The molecule has 182 valence electrons. The molecule has 0 aromatic heterocycles. The van der Waals surface area contributed by atoms with Crippen LogP contribution in [0.15, 0.2) is 58.6 Å². The fourth-order valence-corrected chi connectivity index (χ4v) is 5.55. The third-order valence-corrected chi connectivity index (χ3v) is 7.84. The molecule has 2 aliphatic rings. The normalized spacial score (nSPS) is 18.7. The summed E-state index contributed by atoms with van der Waals surface area (Å²) < 4.78 is 65.6. The van der Waals surface area contributed by atoms with E-state index in [4.69, 9.17) is 0 Å². The first kappa shape index (κ1) is 24.5. The summed E-state index contributed by atoms with van der Waals surface area (Å²) in [5.41, 5.74) is -0.413. The zero-order chi connectivity index (χ0) is 25.5. The Morgan fingerprint density at radius 1 is 1.14 bits per heavy atom. The molecule has 11 heteroatoms. The second-order valence-electron chi connectivity index (χ2n) is 8.17. The van der Waals surface area contributed by atoms with Crippen molar-refractivity contribution < 1.29 is 31.2 Å². The van der Waals surface area contributed by atoms with Gasteiger partial charge in [0.2, 0.25) is 0 Å². The molecule has 2 aromatic rings. The maximum Gasteiger partial charge on any atom is 0.416 e. The van der Waals surface area contributed by atoms with Crippen molar-refractivity contribution in [2.24, 2.45) is 0 Å². The predicted octanol–water partition coefficient (Wildman–Crippen LogP) is 4.65. The number of alkyl halides is 3. The Hall–Kier alpha value is -3.65. The van der Waals surface area contributed by atoms with Crippen LogP contribution in [0, 0.1) is 11.3 Å². The number of nitriles is 1. The van der Waals surface area contributed by atoms with E-state index in [0.29, 0.717) is 6.42 Å². The molecule has 0 saturated heterocycles. The zero-order valence-corrected chi connectivity index (χ0v) is 19.3. The Morgan fingerprint density at radius 3 is 2.54 bits per heavy atom. The number of carbonyl (C=O) groups excluding carboxylic acids is 2. The molecule has 0 bridgehead atoms. The van der Waals surface area contributed by atoms with Crippen LogP contribution in [0.1, 0.15) is 48.9 Å². The monoisotopic (exact) mass is 503 g/mol. The van der Waals surface area contributed by atoms with Crippen LogP contribution in [0.25, 0.3) is 0 Å². The van der Waals surface area contributed by atoms with E-state index in [1.807, 2.05) is 6.07 Å². The highest BCUT2D eigenvalue weighted by Gasteiger charge is 2.41. The summed E-state index contributed by atoms with van der Waals surface area (Å²) in [5.74, 6) is -0.608. The maximum absolute atomic E-state index is 13.3. The number of ketones is 1. The van der Waals surface area contributed by atoms with Gasteiger partial charge in [-0.1, -0.05) is 19.1 Å². The number of hydrogen-bond donors (Lipinski definition) is 1. The number of rotatable bonds is 4. The molecule has 1 aliphatic carbocycles. The summed E-state index contributed by atoms with van der Waals surface area (Å²) in [6.45, 7) is 1.43. The molecule has 0 saturated carbocycles. The number of urea groups is 1. The molecule has 0 fully saturated rings. The number of carbonyl (C=O) groups is 2. The van der Waals surface area contributed by atoms with E-state index in [2.05, 4.69) is 5.32 Å². The van der Waals surface area contributed by atoms with Crippen molar-refractivity contribution in [3.63, 3.8) is 0 Å². The fraction of sp³-hybridized carbons (Fsp3) is 0.292. The van der Waals surface area contributed by atoms with Crippen molar-refractivity contribution in [2.45, 2.75) is 43.3 Å². The fourth-order valence-electron chi connectivity index (χ4n) is 4.38. The zero-order valence-electron chi connectivity index (χ0n) is 18.5. The molecule has 0 unspecified atom stereocenters. The molecule has 1 N–H and O–H groups in total. The summed E-state index contributed by atoms with van der Waals surface area (Å²) in [6.07, 6.45) is -3.85.